The van der Waals surface area contributed by atoms with Crippen LogP contribution in [0.4, 0.5) is 5.69 Å². The van der Waals surface area contributed by atoms with Crippen LogP contribution in [0.2, 0.25) is 10.0 Å². The minimum Gasteiger partial charge on any atom is -0.383 e. The van der Waals surface area contributed by atoms with Crippen molar-refractivity contribution in [3.05, 3.63) is 28.2 Å². The first-order valence-corrected chi connectivity index (χ1v) is 7.73. The molecule has 120 valence electrons. The summed E-state index contributed by atoms with van der Waals surface area (Å²) in [7, 11) is 1.59. The summed E-state index contributed by atoms with van der Waals surface area (Å²) in [6, 6.07) is 4.97. The van der Waals surface area contributed by atoms with E-state index in [-0.39, 0.29) is 24.3 Å². The number of nitrogens with zero attached hydrogens (tertiary/aromatic N) is 1. The van der Waals surface area contributed by atoms with Crippen LogP contribution in [0.15, 0.2) is 18.2 Å². The lowest BCUT2D eigenvalue weighted by Crippen LogP contribution is -2.38. The molecule has 1 aromatic carbocycles. The lowest BCUT2D eigenvalue weighted by atomic mass is 10.1. The van der Waals surface area contributed by atoms with Gasteiger partial charge in [0.1, 0.15) is 0 Å². The van der Waals surface area contributed by atoms with Gasteiger partial charge in [0.25, 0.3) is 0 Å². The molecule has 0 aliphatic carbocycles. The van der Waals surface area contributed by atoms with Crippen LogP contribution in [0, 0.1) is 5.92 Å². The first kappa shape index (κ1) is 17.1. The molecule has 0 radical (unpaired) electrons. The van der Waals surface area contributed by atoms with Crippen LogP contribution < -0.4 is 5.32 Å². The highest BCUT2D eigenvalue weighted by atomic mass is 35.5. The van der Waals surface area contributed by atoms with Crippen molar-refractivity contribution in [2.45, 2.75) is 19.4 Å². The number of ether oxygens (including phenoxy) is 1. The number of halogens is 2. The fraction of sp³-hybridized carbons (Fsp3) is 0.467. The van der Waals surface area contributed by atoms with E-state index < -0.39 is 5.92 Å². The summed E-state index contributed by atoms with van der Waals surface area (Å²) in [5, 5.41) is 3.41. The molecule has 0 unspecified atom stereocenters. The molecule has 1 saturated heterocycles. The minimum atomic E-state index is -0.401. The van der Waals surface area contributed by atoms with E-state index in [1.54, 1.807) is 30.2 Å². The Labute approximate surface area is 139 Å². The van der Waals surface area contributed by atoms with E-state index in [2.05, 4.69) is 5.32 Å². The third-order valence-corrected chi connectivity index (χ3v) is 4.50. The molecule has 5 nitrogen and oxygen atoms in total. The van der Waals surface area contributed by atoms with Gasteiger partial charge in [-0.1, -0.05) is 29.3 Å². The van der Waals surface area contributed by atoms with Gasteiger partial charge in [-0.2, -0.15) is 0 Å². The summed E-state index contributed by atoms with van der Waals surface area (Å²) in [4.78, 5) is 26.0. The van der Waals surface area contributed by atoms with Crippen molar-refractivity contribution in [2.24, 2.45) is 5.92 Å². The highest BCUT2D eigenvalue weighted by Crippen LogP contribution is 2.30. The van der Waals surface area contributed by atoms with Gasteiger partial charge in [0.15, 0.2) is 0 Å². The van der Waals surface area contributed by atoms with Crippen LogP contribution in [0.3, 0.4) is 0 Å². The number of nitrogens with one attached hydrogen (secondary N) is 1. The number of benzene rings is 1. The van der Waals surface area contributed by atoms with Crippen molar-refractivity contribution in [1.29, 1.82) is 0 Å². The number of amides is 2. The average molecular weight is 345 g/mol. The number of carbonyl (C=O) groups is 2. The molecule has 1 fully saturated rings. The normalized spacial score (nSPS) is 19.4. The SMILES string of the molecule is COC[C@@H](C)N1C[C@@H](C(=O)Nc2cccc(Cl)c2Cl)CC1=O. The summed E-state index contributed by atoms with van der Waals surface area (Å²) in [6.07, 6.45) is 0.193. The van der Waals surface area contributed by atoms with E-state index in [1.165, 1.54) is 0 Å². The van der Waals surface area contributed by atoms with Gasteiger partial charge in [-0.15, -0.1) is 0 Å². The summed E-state index contributed by atoms with van der Waals surface area (Å²) in [6.45, 7) is 2.73. The lowest BCUT2D eigenvalue weighted by Gasteiger charge is -2.23. The molecular weight excluding hydrogens is 327 g/mol. The first-order valence-electron chi connectivity index (χ1n) is 6.97. The fourth-order valence-electron chi connectivity index (χ4n) is 2.50. The molecule has 1 heterocycles. The van der Waals surface area contributed by atoms with Gasteiger partial charge in [-0.05, 0) is 19.1 Å². The Morgan fingerprint density at radius 3 is 2.91 bits per heavy atom. The van der Waals surface area contributed by atoms with Gasteiger partial charge >= 0.3 is 0 Å². The van der Waals surface area contributed by atoms with Crippen LogP contribution in [0.5, 0.6) is 0 Å². The summed E-state index contributed by atoms with van der Waals surface area (Å²) < 4.78 is 5.06. The molecule has 22 heavy (non-hydrogen) atoms. The number of likely N-dealkylation sites (tertiary alicyclic amines) is 1. The number of carbonyl (C=O) groups excluding carboxylic acids is 2. The van der Waals surface area contributed by atoms with Gasteiger partial charge < -0.3 is 15.0 Å². The topological polar surface area (TPSA) is 58.6 Å². The maximum absolute atomic E-state index is 12.3. The second kappa shape index (κ2) is 7.31. The lowest BCUT2D eigenvalue weighted by molar-refractivity contribution is -0.130. The molecule has 0 spiro atoms. The van der Waals surface area contributed by atoms with Gasteiger partial charge in [0, 0.05) is 20.1 Å². The second-order valence-corrected chi connectivity index (χ2v) is 6.13. The van der Waals surface area contributed by atoms with Crippen molar-refractivity contribution in [3.63, 3.8) is 0 Å². The molecule has 1 aliphatic heterocycles. The number of hydrogen-bond acceptors (Lipinski definition) is 3. The first-order chi connectivity index (χ1) is 10.4. The van der Waals surface area contributed by atoms with Crippen molar-refractivity contribution < 1.29 is 14.3 Å². The smallest absolute Gasteiger partial charge is 0.229 e. The van der Waals surface area contributed by atoms with E-state index in [1.807, 2.05) is 6.92 Å². The fourth-order valence-corrected chi connectivity index (χ4v) is 2.85. The number of hydrogen-bond donors (Lipinski definition) is 1. The second-order valence-electron chi connectivity index (χ2n) is 5.34. The van der Waals surface area contributed by atoms with E-state index in [0.717, 1.165) is 0 Å². The Bertz CT molecular complexity index is 580. The van der Waals surface area contributed by atoms with Gasteiger partial charge in [0.2, 0.25) is 11.8 Å². The predicted octanol–water partition coefficient (Wildman–Crippen LogP) is 2.82. The van der Waals surface area contributed by atoms with Crippen molar-refractivity contribution in [3.8, 4) is 0 Å². The van der Waals surface area contributed by atoms with Crippen LogP contribution in [-0.2, 0) is 14.3 Å². The van der Waals surface area contributed by atoms with Gasteiger partial charge in [0.05, 0.1) is 34.3 Å². The summed E-state index contributed by atoms with van der Waals surface area (Å²) in [5.41, 5.74) is 0.454. The zero-order chi connectivity index (χ0) is 16.3. The largest absolute Gasteiger partial charge is 0.383 e. The summed E-state index contributed by atoms with van der Waals surface area (Å²) >= 11 is 12.0. The number of rotatable bonds is 5. The molecular formula is C15H18Cl2N2O3. The molecule has 2 atom stereocenters. The monoisotopic (exact) mass is 344 g/mol. The third-order valence-electron chi connectivity index (χ3n) is 3.68. The molecule has 1 N–H and O–H groups in total. The zero-order valence-corrected chi connectivity index (χ0v) is 13.9. The van der Waals surface area contributed by atoms with Gasteiger partial charge in [-0.3, -0.25) is 9.59 Å². The highest BCUT2D eigenvalue weighted by Gasteiger charge is 2.36. The molecule has 7 heteroatoms. The van der Waals surface area contributed by atoms with E-state index >= 15 is 0 Å². The number of anilines is 1. The standard InChI is InChI=1S/C15H18Cl2N2O3/c1-9(8-22-2)19-7-10(6-13(19)20)15(21)18-12-5-3-4-11(16)14(12)17/h3-5,9-10H,6-8H2,1-2H3,(H,18,21)/t9-,10+/m1/s1. The minimum absolute atomic E-state index is 0.0399. The Kier molecular flexibility index (Phi) is 5.67. The molecule has 0 aromatic heterocycles. The molecule has 2 amide bonds. The third kappa shape index (κ3) is 3.72. The van der Waals surface area contributed by atoms with Crippen molar-refractivity contribution in [2.75, 3.05) is 25.6 Å². The van der Waals surface area contributed by atoms with Crippen molar-refractivity contribution >= 4 is 40.7 Å². The Morgan fingerprint density at radius 1 is 1.50 bits per heavy atom. The Balaban J connectivity index is 2.02. The van der Waals surface area contributed by atoms with E-state index in [0.29, 0.717) is 28.9 Å². The van der Waals surface area contributed by atoms with Crippen LogP contribution in [0.1, 0.15) is 13.3 Å². The molecule has 1 aromatic rings. The Morgan fingerprint density at radius 2 is 2.23 bits per heavy atom. The van der Waals surface area contributed by atoms with Gasteiger partial charge in [-0.25, -0.2) is 0 Å². The molecule has 1 aliphatic rings. The zero-order valence-electron chi connectivity index (χ0n) is 12.4. The molecule has 0 saturated carbocycles. The van der Waals surface area contributed by atoms with Crippen LogP contribution >= 0.6 is 23.2 Å². The molecule has 0 bridgehead atoms. The predicted molar refractivity (Wildman–Crippen MR) is 86.2 cm³/mol. The summed E-state index contributed by atoms with van der Waals surface area (Å²) in [5.74, 6) is -0.673. The molecule has 2 rings (SSSR count). The maximum atomic E-state index is 12.3. The highest BCUT2D eigenvalue weighted by molar-refractivity contribution is 6.44. The Hall–Kier alpha value is -1.30. The van der Waals surface area contributed by atoms with E-state index in [4.69, 9.17) is 27.9 Å². The maximum Gasteiger partial charge on any atom is 0.229 e. The van der Waals surface area contributed by atoms with E-state index in [9.17, 15) is 9.59 Å². The quantitative estimate of drug-likeness (QED) is 0.893. The van der Waals surface area contributed by atoms with Crippen LogP contribution in [0.25, 0.3) is 0 Å². The average Bonchev–Trinajstić information content (AvgIpc) is 2.86. The van der Waals surface area contributed by atoms with Crippen molar-refractivity contribution in [1.82, 2.24) is 4.90 Å². The number of methoxy groups -OCH3 is 1. The van der Waals surface area contributed by atoms with Crippen LogP contribution in [-0.4, -0.2) is 43.0 Å².